The monoisotopic (exact) mass is 243 g/mol. The Morgan fingerprint density at radius 2 is 1.72 bits per heavy atom. The molecule has 0 fully saturated rings. The lowest BCUT2D eigenvalue weighted by Crippen LogP contribution is -2.19. The molecule has 0 aliphatic carbocycles. The van der Waals surface area contributed by atoms with E-state index in [1.165, 1.54) is 17.2 Å². The quantitative estimate of drug-likeness (QED) is 0.856. The van der Waals surface area contributed by atoms with Crippen LogP contribution in [0, 0.1) is 12.7 Å². The van der Waals surface area contributed by atoms with Crippen LogP contribution in [0.15, 0.2) is 48.5 Å². The van der Waals surface area contributed by atoms with Crippen LogP contribution in [0.5, 0.6) is 0 Å². The van der Waals surface area contributed by atoms with Crippen molar-refractivity contribution in [1.82, 2.24) is 5.32 Å². The van der Waals surface area contributed by atoms with Gasteiger partial charge in [0, 0.05) is 18.2 Å². The highest BCUT2D eigenvalue weighted by molar-refractivity contribution is 5.23. The van der Waals surface area contributed by atoms with Gasteiger partial charge in [-0.2, -0.15) is 0 Å². The molecule has 1 N–H and O–H groups in total. The normalized spacial score (nSPS) is 12.4. The molecule has 2 heteroatoms. The predicted molar refractivity (Wildman–Crippen MR) is 72.8 cm³/mol. The number of halogens is 1. The summed E-state index contributed by atoms with van der Waals surface area (Å²) in [6, 6.07) is 15.3. The van der Waals surface area contributed by atoms with Crippen molar-refractivity contribution in [2.45, 2.75) is 26.4 Å². The first kappa shape index (κ1) is 12.8. The van der Waals surface area contributed by atoms with Gasteiger partial charge in [0.15, 0.2) is 0 Å². The van der Waals surface area contributed by atoms with Crippen LogP contribution in [-0.4, -0.2) is 0 Å². The van der Waals surface area contributed by atoms with E-state index in [-0.39, 0.29) is 11.9 Å². The summed E-state index contributed by atoms with van der Waals surface area (Å²) in [5, 5.41) is 3.34. The molecule has 2 rings (SSSR count). The third kappa shape index (κ3) is 3.17. The minimum Gasteiger partial charge on any atom is -0.306 e. The molecule has 94 valence electrons. The van der Waals surface area contributed by atoms with Crippen molar-refractivity contribution in [3.63, 3.8) is 0 Å². The van der Waals surface area contributed by atoms with Crippen molar-refractivity contribution >= 4 is 0 Å². The van der Waals surface area contributed by atoms with Crippen LogP contribution in [0.1, 0.15) is 29.7 Å². The molecule has 1 nitrogen and oxygen atoms in total. The smallest absolute Gasteiger partial charge is 0.127 e. The van der Waals surface area contributed by atoms with Crippen molar-refractivity contribution < 1.29 is 4.39 Å². The molecule has 0 amide bonds. The Labute approximate surface area is 108 Å². The summed E-state index contributed by atoms with van der Waals surface area (Å²) in [4.78, 5) is 0. The molecule has 0 spiro atoms. The van der Waals surface area contributed by atoms with E-state index < -0.39 is 0 Å². The Morgan fingerprint density at radius 3 is 2.39 bits per heavy atom. The number of hydrogen-bond donors (Lipinski definition) is 1. The number of nitrogens with one attached hydrogen (secondary N) is 1. The SMILES string of the molecule is Cc1ccc(CN[C@H](C)c2ccccc2F)cc1. The average molecular weight is 243 g/mol. The van der Waals surface area contributed by atoms with E-state index in [0.29, 0.717) is 5.56 Å². The molecule has 1 atom stereocenters. The van der Waals surface area contributed by atoms with Crippen LogP contribution in [0.4, 0.5) is 4.39 Å². The van der Waals surface area contributed by atoms with Gasteiger partial charge in [0.05, 0.1) is 0 Å². The molecule has 0 bridgehead atoms. The van der Waals surface area contributed by atoms with Crippen LogP contribution >= 0.6 is 0 Å². The van der Waals surface area contributed by atoms with Gasteiger partial charge in [-0.15, -0.1) is 0 Å². The molecule has 2 aromatic carbocycles. The molecule has 0 aliphatic heterocycles. The van der Waals surface area contributed by atoms with Crippen LogP contribution in [0.3, 0.4) is 0 Å². The Bertz CT molecular complexity index is 505. The first-order valence-corrected chi connectivity index (χ1v) is 6.20. The lowest BCUT2D eigenvalue weighted by atomic mass is 10.1. The molecule has 2 aromatic rings. The highest BCUT2D eigenvalue weighted by atomic mass is 19.1. The maximum Gasteiger partial charge on any atom is 0.127 e. The topological polar surface area (TPSA) is 12.0 Å². The van der Waals surface area contributed by atoms with Gasteiger partial charge in [0.1, 0.15) is 5.82 Å². The predicted octanol–water partition coefficient (Wildman–Crippen LogP) is 3.98. The first-order valence-electron chi connectivity index (χ1n) is 6.20. The van der Waals surface area contributed by atoms with Gasteiger partial charge < -0.3 is 5.32 Å². The van der Waals surface area contributed by atoms with Crippen LogP contribution < -0.4 is 5.32 Å². The van der Waals surface area contributed by atoms with E-state index in [9.17, 15) is 4.39 Å². The van der Waals surface area contributed by atoms with Crippen molar-refractivity contribution in [1.29, 1.82) is 0 Å². The fraction of sp³-hybridized carbons (Fsp3) is 0.250. The van der Waals surface area contributed by atoms with Crippen LogP contribution in [0.25, 0.3) is 0 Å². The largest absolute Gasteiger partial charge is 0.306 e. The Kier molecular flexibility index (Phi) is 4.11. The zero-order chi connectivity index (χ0) is 13.0. The minimum absolute atomic E-state index is 0.00695. The number of rotatable bonds is 4. The molecular formula is C16H18FN. The van der Waals surface area contributed by atoms with Crippen molar-refractivity contribution in [2.75, 3.05) is 0 Å². The Balaban J connectivity index is 1.98. The van der Waals surface area contributed by atoms with Crippen LogP contribution in [0.2, 0.25) is 0 Å². The van der Waals surface area contributed by atoms with E-state index in [1.54, 1.807) is 6.07 Å². The lowest BCUT2D eigenvalue weighted by Gasteiger charge is -2.15. The van der Waals surface area contributed by atoms with Crippen LogP contribution in [-0.2, 0) is 6.54 Å². The van der Waals surface area contributed by atoms with E-state index in [0.717, 1.165) is 6.54 Å². The summed E-state index contributed by atoms with van der Waals surface area (Å²) in [6.07, 6.45) is 0. The summed E-state index contributed by atoms with van der Waals surface area (Å²) in [6.45, 7) is 4.79. The minimum atomic E-state index is -0.151. The second-order valence-electron chi connectivity index (χ2n) is 4.61. The zero-order valence-corrected chi connectivity index (χ0v) is 10.8. The second kappa shape index (κ2) is 5.78. The maximum atomic E-state index is 13.6. The van der Waals surface area contributed by atoms with Gasteiger partial charge in [-0.25, -0.2) is 4.39 Å². The van der Waals surface area contributed by atoms with Crippen molar-refractivity contribution in [3.05, 3.63) is 71.0 Å². The van der Waals surface area contributed by atoms with Gasteiger partial charge in [-0.05, 0) is 25.5 Å². The molecular weight excluding hydrogens is 225 g/mol. The molecule has 0 aromatic heterocycles. The molecule has 18 heavy (non-hydrogen) atoms. The molecule has 0 saturated carbocycles. The fourth-order valence-electron chi connectivity index (χ4n) is 1.91. The van der Waals surface area contributed by atoms with Gasteiger partial charge in [0.2, 0.25) is 0 Å². The van der Waals surface area contributed by atoms with E-state index in [4.69, 9.17) is 0 Å². The molecule has 0 aliphatic rings. The number of benzene rings is 2. The van der Waals surface area contributed by atoms with Gasteiger partial charge in [-0.1, -0.05) is 48.0 Å². The maximum absolute atomic E-state index is 13.6. The van der Waals surface area contributed by atoms with Gasteiger partial charge in [0.25, 0.3) is 0 Å². The fourth-order valence-corrected chi connectivity index (χ4v) is 1.91. The summed E-state index contributed by atoms with van der Waals surface area (Å²) in [5.74, 6) is -0.151. The average Bonchev–Trinajstić information content (AvgIpc) is 2.38. The Hall–Kier alpha value is -1.67. The standard InChI is InChI=1S/C16H18FN/c1-12-7-9-14(10-8-12)11-18-13(2)15-5-3-4-6-16(15)17/h3-10,13,18H,11H2,1-2H3/t13-/m1/s1. The second-order valence-corrected chi connectivity index (χ2v) is 4.61. The summed E-state index contributed by atoms with van der Waals surface area (Å²) in [5.41, 5.74) is 3.18. The summed E-state index contributed by atoms with van der Waals surface area (Å²) in [7, 11) is 0. The summed E-state index contributed by atoms with van der Waals surface area (Å²) >= 11 is 0. The van der Waals surface area contributed by atoms with E-state index in [2.05, 4.69) is 36.5 Å². The molecule has 0 saturated heterocycles. The highest BCUT2D eigenvalue weighted by Crippen LogP contribution is 2.16. The summed E-state index contributed by atoms with van der Waals surface area (Å²) < 4.78 is 13.6. The lowest BCUT2D eigenvalue weighted by molar-refractivity contribution is 0.528. The van der Waals surface area contributed by atoms with E-state index >= 15 is 0 Å². The number of hydrogen-bond acceptors (Lipinski definition) is 1. The molecule has 0 unspecified atom stereocenters. The zero-order valence-electron chi connectivity index (χ0n) is 10.8. The number of aryl methyl sites for hydroxylation is 1. The first-order chi connectivity index (χ1) is 8.66. The van der Waals surface area contributed by atoms with Crippen molar-refractivity contribution in [3.8, 4) is 0 Å². The molecule has 0 heterocycles. The van der Waals surface area contributed by atoms with Gasteiger partial charge >= 0.3 is 0 Å². The van der Waals surface area contributed by atoms with Gasteiger partial charge in [-0.3, -0.25) is 0 Å². The third-order valence-corrected chi connectivity index (χ3v) is 3.10. The highest BCUT2D eigenvalue weighted by Gasteiger charge is 2.09. The van der Waals surface area contributed by atoms with E-state index in [1.807, 2.05) is 19.1 Å². The van der Waals surface area contributed by atoms with Crippen molar-refractivity contribution in [2.24, 2.45) is 0 Å². The molecule has 0 radical (unpaired) electrons. The third-order valence-electron chi connectivity index (χ3n) is 3.10. The Morgan fingerprint density at radius 1 is 1.06 bits per heavy atom.